The van der Waals surface area contributed by atoms with Gasteiger partial charge in [-0.3, -0.25) is 0 Å². The van der Waals surface area contributed by atoms with E-state index < -0.39 is 0 Å². The molecule has 1 heterocycles. The fourth-order valence-corrected chi connectivity index (χ4v) is 4.74. The second kappa shape index (κ2) is 7.03. The van der Waals surface area contributed by atoms with Gasteiger partial charge >= 0.3 is 0 Å². The van der Waals surface area contributed by atoms with Crippen LogP contribution < -0.4 is 0 Å². The fraction of sp³-hybridized carbons (Fsp3) is 0.435. The Morgan fingerprint density at radius 1 is 1.20 bits per heavy atom. The number of benzene rings is 1. The molecule has 0 atom stereocenters. The molecule has 0 aromatic heterocycles. The van der Waals surface area contributed by atoms with Crippen molar-refractivity contribution in [3.8, 4) is 0 Å². The van der Waals surface area contributed by atoms with Crippen LogP contribution in [0.1, 0.15) is 57.6 Å². The Hall–Kier alpha value is -2.09. The van der Waals surface area contributed by atoms with Crippen molar-refractivity contribution in [3.05, 3.63) is 65.9 Å². The lowest BCUT2D eigenvalue weighted by Gasteiger charge is -2.46. The molecule has 25 heavy (non-hydrogen) atoms. The number of allylic oxidation sites excluding steroid dienone is 1. The smallest absolute Gasteiger partial charge is 0.106 e. The molecular formula is C23H30N2. The minimum atomic E-state index is 0.147. The molecular weight excluding hydrogens is 304 g/mol. The normalized spacial score (nSPS) is 18.6. The predicted octanol–water partition coefficient (Wildman–Crippen LogP) is 5.97. The third kappa shape index (κ3) is 2.88. The van der Waals surface area contributed by atoms with E-state index in [1.807, 2.05) is 6.08 Å². The summed E-state index contributed by atoms with van der Waals surface area (Å²) in [6.45, 7) is 15.9. The first-order valence-electron chi connectivity index (χ1n) is 9.54. The SMILES string of the molecule is C=CCN1C(=C)C2=C(N=C1C)c1ccccc1CC2(CCC)CCC. The Balaban J connectivity index is 2.25. The Labute approximate surface area is 152 Å². The van der Waals surface area contributed by atoms with E-state index in [1.54, 1.807) is 0 Å². The summed E-state index contributed by atoms with van der Waals surface area (Å²) >= 11 is 0. The van der Waals surface area contributed by atoms with Gasteiger partial charge in [-0.05, 0) is 31.7 Å². The predicted molar refractivity (Wildman–Crippen MR) is 108 cm³/mol. The highest BCUT2D eigenvalue weighted by atomic mass is 15.2. The van der Waals surface area contributed by atoms with Crippen LogP contribution in [-0.4, -0.2) is 17.3 Å². The van der Waals surface area contributed by atoms with Crippen LogP contribution >= 0.6 is 0 Å². The summed E-state index contributed by atoms with van der Waals surface area (Å²) in [6.07, 6.45) is 7.76. The molecule has 132 valence electrons. The average Bonchev–Trinajstić information content (AvgIpc) is 2.58. The van der Waals surface area contributed by atoms with Gasteiger partial charge in [0, 0.05) is 28.8 Å². The van der Waals surface area contributed by atoms with Gasteiger partial charge in [-0.2, -0.15) is 0 Å². The average molecular weight is 335 g/mol. The zero-order valence-electron chi connectivity index (χ0n) is 15.9. The zero-order valence-corrected chi connectivity index (χ0v) is 15.9. The van der Waals surface area contributed by atoms with Crippen LogP contribution in [0.25, 0.3) is 5.70 Å². The highest BCUT2D eigenvalue weighted by molar-refractivity contribution is 5.94. The van der Waals surface area contributed by atoms with Crippen LogP contribution in [0.4, 0.5) is 0 Å². The van der Waals surface area contributed by atoms with Crippen LogP contribution in [-0.2, 0) is 6.42 Å². The van der Waals surface area contributed by atoms with Gasteiger partial charge in [0.25, 0.3) is 0 Å². The second-order valence-electron chi connectivity index (χ2n) is 7.34. The van der Waals surface area contributed by atoms with Crippen molar-refractivity contribution in [1.82, 2.24) is 4.90 Å². The van der Waals surface area contributed by atoms with Crippen LogP contribution in [0, 0.1) is 5.41 Å². The first-order valence-corrected chi connectivity index (χ1v) is 9.54. The minimum absolute atomic E-state index is 0.147. The molecule has 0 spiro atoms. The molecule has 1 aliphatic carbocycles. The molecule has 0 saturated carbocycles. The summed E-state index contributed by atoms with van der Waals surface area (Å²) in [7, 11) is 0. The standard InChI is InChI=1S/C23H30N2/c1-6-13-23(14-7-2)16-19-11-9-10-12-20(19)22-21(23)17(4)25(15-8-3)18(5)24-22/h8-12H,3-4,6-7,13-16H2,1-2,5H3. The molecule has 0 N–H and O–H groups in total. The molecule has 0 fully saturated rings. The van der Waals surface area contributed by atoms with Crippen molar-refractivity contribution >= 4 is 11.5 Å². The summed E-state index contributed by atoms with van der Waals surface area (Å²) in [5, 5.41) is 0. The number of aliphatic imine (C=N–C) groups is 1. The largest absolute Gasteiger partial charge is 0.326 e. The maximum absolute atomic E-state index is 5.07. The molecule has 2 heteroatoms. The van der Waals surface area contributed by atoms with E-state index >= 15 is 0 Å². The van der Waals surface area contributed by atoms with E-state index in [-0.39, 0.29) is 5.41 Å². The third-order valence-corrected chi connectivity index (χ3v) is 5.62. The van der Waals surface area contributed by atoms with Crippen molar-refractivity contribution in [2.24, 2.45) is 10.4 Å². The molecule has 2 nitrogen and oxygen atoms in total. The lowest BCUT2D eigenvalue weighted by atomic mass is 9.63. The molecule has 0 bridgehead atoms. The number of nitrogens with zero attached hydrogens (tertiary/aromatic N) is 2. The van der Waals surface area contributed by atoms with Gasteiger partial charge in [0.15, 0.2) is 0 Å². The first-order chi connectivity index (χ1) is 12.1. The Kier molecular flexibility index (Phi) is 4.99. The first kappa shape index (κ1) is 17.7. The quantitative estimate of drug-likeness (QED) is 0.585. The number of hydrogen-bond acceptors (Lipinski definition) is 2. The number of rotatable bonds is 6. The fourth-order valence-electron chi connectivity index (χ4n) is 4.74. The molecule has 1 aromatic rings. The summed E-state index contributed by atoms with van der Waals surface area (Å²) in [6, 6.07) is 8.79. The maximum Gasteiger partial charge on any atom is 0.106 e. The molecule has 1 aliphatic heterocycles. The number of amidine groups is 1. The second-order valence-corrected chi connectivity index (χ2v) is 7.34. The third-order valence-electron chi connectivity index (χ3n) is 5.62. The minimum Gasteiger partial charge on any atom is -0.326 e. The zero-order chi connectivity index (χ0) is 18.0. The van der Waals surface area contributed by atoms with E-state index in [1.165, 1.54) is 42.4 Å². The van der Waals surface area contributed by atoms with Crippen LogP contribution in [0.5, 0.6) is 0 Å². The highest BCUT2D eigenvalue weighted by Gasteiger charge is 2.43. The lowest BCUT2D eigenvalue weighted by Crippen LogP contribution is -2.40. The van der Waals surface area contributed by atoms with E-state index in [4.69, 9.17) is 4.99 Å². The highest BCUT2D eigenvalue weighted by Crippen LogP contribution is 2.53. The molecule has 0 amide bonds. The Bertz CT molecular complexity index is 745. The number of fused-ring (bicyclic) bond motifs is 2. The van der Waals surface area contributed by atoms with Crippen LogP contribution in [0.3, 0.4) is 0 Å². The van der Waals surface area contributed by atoms with Crippen LogP contribution in [0.15, 0.2) is 59.8 Å². The van der Waals surface area contributed by atoms with Gasteiger partial charge in [0.1, 0.15) is 5.84 Å². The summed E-state index contributed by atoms with van der Waals surface area (Å²) in [5.41, 5.74) is 6.53. The summed E-state index contributed by atoms with van der Waals surface area (Å²) in [5.74, 6) is 1.02. The monoisotopic (exact) mass is 334 g/mol. The van der Waals surface area contributed by atoms with E-state index in [9.17, 15) is 0 Å². The maximum atomic E-state index is 5.07. The van der Waals surface area contributed by atoms with Crippen molar-refractivity contribution in [3.63, 3.8) is 0 Å². The van der Waals surface area contributed by atoms with E-state index in [0.29, 0.717) is 0 Å². The molecule has 3 rings (SSSR count). The topological polar surface area (TPSA) is 15.6 Å². The van der Waals surface area contributed by atoms with Gasteiger partial charge in [0.2, 0.25) is 0 Å². The molecule has 0 saturated heterocycles. The Morgan fingerprint density at radius 2 is 1.88 bits per heavy atom. The van der Waals surface area contributed by atoms with Gasteiger partial charge in [-0.25, -0.2) is 4.99 Å². The van der Waals surface area contributed by atoms with Gasteiger partial charge in [-0.15, -0.1) is 6.58 Å². The molecule has 0 radical (unpaired) electrons. The van der Waals surface area contributed by atoms with Gasteiger partial charge in [-0.1, -0.05) is 63.6 Å². The summed E-state index contributed by atoms with van der Waals surface area (Å²) < 4.78 is 0. The molecule has 1 aromatic carbocycles. The van der Waals surface area contributed by atoms with Crippen LogP contribution in [0.2, 0.25) is 0 Å². The molecule has 0 unspecified atom stereocenters. The Morgan fingerprint density at radius 3 is 2.52 bits per heavy atom. The lowest BCUT2D eigenvalue weighted by molar-refractivity contribution is 0.281. The van der Waals surface area contributed by atoms with Gasteiger partial charge < -0.3 is 4.90 Å². The summed E-state index contributed by atoms with van der Waals surface area (Å²) in [4.78, 5) is 7.29. The van der Waals surface area contributed by atoms with Crippen molar-refractivity contribution in [2.75, 3.05) is 6.54 Å². The van der Waals surface area contributed by atoms with E-state index in [0.717, 1.165) is 30.2 Å². The van der Waals surface area contributed by atoms with E-state index in [2.05, 4.69) is 63.1 Å². The van der Waals surface area contributed by atoms with Gasteiger partial charge in [0.05, 0.1) is 5.70 Å². The van der Waals surface area contributed by atoms with Crippen molar-refractivity contribution in [1.29, 1.82) is 0 Å². The number of hydrogen-bond donors (Lipinski definition) is 0. The van der Waals surface area contributed by atoms with Crippen molar-refractivity contribution < 1.29 is 0 Å². The molecule has 2 aliphatic rings. The van der Waals surface area contributed by atoms with Crippen molar-refractivity contribution in [2.45, 2.75) is 52.9 Å².